The van der Waals surface area contributed by atoms with Crippen LogP contribution in [0.2, 0.25) is 0 Å². The molecular formula is C36H38N7O+. The van der Waals surface area contributed by atoms with Crippen LogP contribution < -0.4 is 20.8 Å². The molecule has 2 fully saturated rings. The third kappa shape index (κ3) is 6.01. The summed E-state index contributed by atoms with van der Waals surface area (Å²) in [5.41, 5.74) is 6.22. The fraction of sp³-hybridized carbons (Fsp3) is 0.333. The van der Waals surface area contributed by atoms with E-state index in [1.54, 1.807) is 10.8 Å². The topological polar surface area (TPSA) is 91.5 Å². The molecule has 222 valence electrons. The fourth-order valence-corrected chi connectivity index (χ4v) is 6.54. The minimum atomic E-state index is -0.160. The van der Waals surface area contributed by atoms with Crippen LogP contribution in [0.1, 0.15) is 78.4 Å². The number of hydrogen-bond acceptors (Lipinski definition) is 5. The summed E-state index contributed by atoms with van der Waals surface area (Å²) in [6.07, 6.45) is 12.9. The molecule has 0 amide bonds. The van der Waals surface area contributed by atoms with Crippen LogP contribution in [-0.4, -0.2) is 32.6 Å². The van der Waals surface area contributed by atoms with Crippen molar-refractivity contribution in [3.63, 3.8) is 0 Å². The summed E-state index contributed by atoms with van der Waals surface area (Å²) >= 11 is 0. The molecule has 44 heavy (non-hydrogen) atoms. The Morgan fingerprint density at radius 1 is 1.00 bits per heavy atom. The van der Waals surface area contributed by atoms with Crippen LogP contribution in [-0.2, 0) is 6.54 Å². The van der Waals surface area contributed by atoms with Crippen LogP contribution in [0.25, 0.3) is 11.0 Å². The number of aryl methyl sites for hydroxylation is 1. The van der Waals surface area contributed by atoms with Crippen molar-refractivity contribution in [3.05, 3.63) is 112 Å². The Bertz CT molecular complexity index is 1880. The van der Waals surface area contributed by atoms with E-state index in [4.69, 9.17) is 4.98 Å². The van der Waals surface area contributed by atoms with Gasteiger partial charge in [-0.15, -0.1) is 0 Å². The molecule has 8 nitrogen and oxygen atoms in total. The number of anilines is 2. The second-order valence-corrected chi connectivity index (χ2v) is 12.1. The smallest absolute Gasteiger partial charge is 0.268 e. The molecule has 1 saturated carbocycles. The van der Waals surface area contributed by atoms with Gasteiger partial charge in [0.1, 0.15) is 17.9 Å². The lowest BCUT2D eigenvalue weighted by molar-refractivity contribution is -0.727. The molecule has 0 unspecified atom stereocenters. The third-order valence-electron chi connectivity index (χ3n) is 9.03. The van der Waals surface area contributed by atoms with E-state index in [0.717, 1.165) is 61.1 Å². The van der Waals surface area contributed by atoms with Crippen LogP contribution >= 0.6 is 0 Å². The largest absolute Gasteiger partial charge is 0.324 e. The molecule has 2 aromatic carbocycles. The van der Waals surface area contributed by atoms with Gasteiger partial charge in [-0.1, -0.05) is 41.7 Å². The number of nitrogens with one attached hydrogen (secondary N) is 3. The first kappa shape index (κ1) is 28.1. The van der Waals surface area contributed by atoms with Crippen molar-refractivity contribution in [1.29, 1.82) is 0 Å². The molecule has 0 atom stereocenters. The summed E-state index contributed by atoms with van der Waals surface area (Å²) in [5.74, 6) is 7.37. The Balaban J connectivity index is 1.24. The van der Waals surface area contributed by atoms with Gasteiger partial charge in [0.15, 0.2) is 5.69 Å². The fourth-order valence-electron chi connectivity index (χ4n) is 6.54. The van der Waals surface area contributed by atoms with E-state index >= 15 is 0 Å². The quantitative estimate of drug-likeness (QED) is 0.181. The molecule has 1 aliphatic heterocycles. The third-order valence-corrected chi connectivity index (χ3v) is 9.03. The maximum absolute atomic E-state index is 14.0. The van der Waals surface area contributed by atoms with E-state index < -0.39 is 0 Å². The van der Waals surface area contributed by atoms with Gasteiger partial charge in [-0.05, 0) is 100 Å². The van der Waals surface area contributed by atoms with Crippen molar-refractivity contribution in [2.45, 2.75) is 64.0 Å². The van der Waals surface area contributed by atoms with Gasteiger partial charge in [-0.3, -0.25) is 9.36 Å². The number of imidazole rings is 1. The van der Waals surface area contributed by atoms with Crippen molar-refractivity contribution in [2.24, 2.45) is 0 Å². The number of hydrogen-bond donors (Lipinski definition) is 3. The highest BCUT2D eigenvalue weighted by Gasteiger charge is 2.25. The van der Waals surface area contributed by atoms with Gasteiger partial charge in [0.05, 0.1) is 12.1 Å². The minimum Gasteiger partial charge on any atom is -0.324 e. The highest BCUT2D eigenvalue weighted by atomic mass is 16.1. The number of rotatable bonds is 6. The average Bonchev–Trinajstić information content (AvgIpc) is 3.76. The van der Waals surface area contributed by atoms with Gasteiger partial charge in [0.2, 0.25) is 12.3 Å². The van der Waals surface area contributed by atoms with Gasteiger partial charge < -0.3 is 10.6 Å². The Hall–Kier alpha value is -4.74. The molecule has 1 aliphatic carbocycles. The molecule has 0 radical (unpaired) electrons. The molecule has 0 bridgehead atoms. The van der Waals surface area contributed by atoms with Gasteiger partial charge in [0, 0.05) is 22.8 Å². The maximum Gasteiger partial charge on any atom is 0.268 e. The Morgan fingerprint density at radius 3 is 2.55 bits per heavy atom. The SMILES string of the molecule is Cc1ccc(C#Cc2cc3cnc(Nc4ccc(C5CCNCC5)cc4)nc3n(Cc3c[nH]c[n+]3C3CCCC3)c2=O)cc1. The zero-order valence-corrected chi connectivity index (χ0v) is 25.1. The van der Waals surface area contributed by atoms with Gasteiger partial charge in [-0.25, -0.2) is 14.5 Å². The second-order valence-electron chi connectivity index (χ2n) is 12.1. The lowest BCUT2D eigenvalue weighted by Crippen LogP contribution is -2.41. The van der Waals surface area contributed by atoms with Crippen LogP contribution in [0.4, 0.5) is 11.6 Å². The molecule has 2 aliphatic rings. The highest BCUT2D eigenvalue weighted by molar-refractivity contribution is 5.77. The first-order valence-electron chi connectivity index (χ1n) is 15.7. The molecular weight excluding hydrogens is 546 g/mol. The number of piperidine rings is 1. The Kier molecular flexibility index (Phi) is 7.95. The summed E-state index contributed by atoms with van der Waals surface area (Å²) in [6, 6.07) is 18.8. The van der Waals surface area contributed by atoms with E-state index in [9.17, 15) is 4.79 Å². The van der Waals surface area contributed by atoms with Crippen molar-refractivity contribution >= 4 is 22.7 Å². The van der Waals surface area contributed by atoms with E-state index in [1.807, 2.05) is 49.8 Å². The molecule has 0 spiro atoms. The number of aromatic nitrogens is 5. The zero-order chi connectivity index (χ0) is 29.9. The molecule has 5 aromatic rings. The number of nitrogens with zero attached hydrogens (tertiary/aromatic N) is 4. The summed E-state index contributed by atoms with van der Waals surface area (Å²) in [4.78, 5) is 26.8. The van der Waals surface area contributed by atoms with Crippen molar-refractivity contribution in [1.82, 2.24) is 24.8 Å². The first-order valence-corrected chi connectivity index (χ1v) is 15.7. The number of benzene rings is 2. The summed E-state index contributed by atoms with van der Waals surface area (Å²) < 4.78 is 4.04. The molecule has 3 aromatic heterocycles. The molecule has 4 heterocycles. The lowest BCUT2D eigenvalue weighted by Gasteiger charge is -2.23. The van der Waals surface area contributed by atoms with Crippen LogP contribution in [0.5, 0.6) is 0 Å². The summed E-state index contributed by atoms with van der Waals surface area (Å²) in [7, 11) is 0. The normalized spacial score (nSPS) is 15.8. The lowest BCUT2D eigenvalue weighted by atomic mass is 9.90. The van der Waals surface area contributed by atoms with Crippen LogP contribution in [0, 0.1) is 18.8 Å². The number of pyridine rings is 1. The van der Waals surface area contributed by atoms with E-state index in [0.29, 0.717) is 35.7 Å². The average molecular weight is 585 g/mol. The number of H-pyrrole nitrogens is 1. The molecule has 8 heteroatoms. The van der Waals surface area contributed by atoms with Gasteiger partial charge >= 0.3 is 0 Å². The van der Waals surface area contributed by atoms with Crippen LogP contribution in [0.15, 0.2) is 78.1 Å². The maximum atomic E-state index is 14.0. The summed E-state index contributed by atoms with van der Waals surface area (Å²) in [5, 5.41) is 7.57. The Labute approximate surface area is 257 Å². The van der Waals surface area contributed by atoms with E-state index in [2.05, 4.69) is 61.3 Å². The highest BCUT2D eigenvalue weighted by Crippen LogP contribution is 2.27. The number of aromatic amines is 1. The van der Waals surface area contributed by atoms with E-state index in [1.165, 1.54) is 24.0 Å². The predicted molar refractivity (Wildman–Crippen MR) is 173 cm³/mol. The molecule has 3 N–H and O–H groups in total. The van der Waals surface area contributed by atoms with Gasteiger partial charge in [-0.2, -0.15) is 4.98 Å². The predicted octanol–water partition coefficient (Wildman–Crippen LogP) is 5.49. The van der Waals surface area contributed by atoms with Gasteiger partial charge in [0.25, 0.3) is 5.56 Å². The van der Waals surface area contributed by atoms with E-state index in [-0.39, 0.29) is 5.56 Å². The standard InChI is InChI=1S/C36H37N7O/c1-25-6-8-26(9-7-25)10-11-29-20-30-21-39-36(40-31-14-12-27(13-15-31)28-16-18-37-19-17-28)41-34(30)42(35(29)44)23-33-22-38-24-43(33)32-4-2-3-5-32/h6-9,12-15,20-22,24,28,32,37H,2-5,16-19,23H2,1H3,(H,39,40,41,44)/p+1. The molecule has 1 saturated heterocycles. The minimum absolute atomic E-state index is 0.160. The first-order chi connectivity index (χ1) is 21.6. The van der Waals surface area contributed by atoms with Crippen molar-refractivity contribution < 1.29 is 4.57 Å². The molecule has 7 rings (SSSR count). The van der Waals surface area contributed by atoms with Crippen molar-refractivity contribution in [2.75, 3.05) is 18.4 Å². The van der Waals surface area contributed by atoms with Crippen LogP contribution in [0.3, 0.4) is 0 Å². The zero-order valence-electron chi connectivity index (χ0n) is 25.1. The summed E-state index contributed by atoms with van der Waals surface area (Å²) in [6.45, 7) is 4.57. The monoisotopic (exact) mass is 584 g/mol. The number of fused-ring (bicyclic) bond motifs is 1. The van der Waals surface area contributed by atoms with Crippen molar-refractivity contribution in [3.8, 4) is 11.8 Å². The second kappa shape index (κ2) is 12.5. The Morgan fingerprint density at radius 2 is 1.77 bits per heavy atom.